The maximum atomic E-state index is 10.3. The van der Waals surface area contributed by atoms with Crippen molar-refractivity contribution >= 4 is 45.5 Å². The standard InChI is InChI=1S/2C18H31N3O2.2C14H22N2O2.C14H22N2O.3C13H20N2O2/c2*1-13(2)14-7-8-16(15(19-14)11-20(5)6)21-9-10-23-17(12-21)18(3,4)22;2*1-10(2)13-5-4-12(8-15-13)16-6-7-18-14(9-16)11(3)17;1-11(2)14-5-4-12(10-15-14)16-8-6-13(17-3)7-9-16;3*1-10(2)13-4-3-11(7-14-13)15-5-6-17-12(8-15)9-16/h2*7-8,13,17,22H,9-12H2,1-6H3;2*4-5,8,10-11,14,17H,6-7,9H2,1-3H3;4-5,10-11,13H,6-9H2,1-3H3;3*3-4,7,10,12,16H,5-6,8-9H2,1-2H3/t17-;;11-,14?;;;2*12-;/m1.1..10./s1. The molecule has 8 fully saturated rings. The fourth-order valence-electron chi connectivity index (χ4n) is 18.2. The molecule has 16 rings (SSSR count). The largest absolute Gasteiger partial charge is 0.394 e. The zero-order valence-electron chi connectivity index (χ0n) is 95.8. The molecule has 0 aromatic carbocycles. The molecule has 16 heterocycles. The summed E-state index contributed by atoms with van der Waals surface area (Å²) >= 11 is 0. The van der Waals surface area contributed by atoms with Crippen LogP contribution in [-0.2, 0) is 51.0 Å². The lowest BCUT2D eigenvalue weighted by Gasteiger charge is -2.40. The fourth-order valence-corrected chi connectivity index (χ4v) is 18.2. The summed E-state index contributed by atoms with van der Waals surface area (Å²) in [4.78, 5) is 59.0. The van der Waals surface area contributed by atoms with Gasteiger partial charge in [-0.25, -0.2) is 0 Å². The van der Waals surface area contributed by atoms with E-state index in [0.29, 0.717) is 113 Å². The smallest absolute Gasteiger partial charge is 0.103 e. The molecule has 0 spiro atoms. The van der Waals surface area contributed by atoms with Gasteiger partial charge in [-0.15, -0.1) is 0 Å². The number of aliphatic hydroxyl groups is 7. The van der Waals surface area contributed by atoms with Crippen molar-refractivity contribution in [2.75, 3.05) is 245 Å². The lowest BCUT2D eigenvalue weighted by Crippen LogP contribution is -2.52. The maximum absolute atomic E-state index is 10.3. The van der Waals surface area contributed by atoms with Crippen molar-refractivity contribution in [2.24, 2.45) is 0 Å². The van der Waals surface area contributed by atoms with Crippen LogP contribution in [0.15, 0.2) is 134 Å². The Kier molecular flexibility index (Phi) is 51.3. The highest BCUT2D eigenvalue weighted by molar-refractivity contribution is 5.55. The molecule has 7 N–H and O–H groups in total. The van der Waals surface area contributed by atoms with E-state index in [9.17, 15) is 20.4 Å². The molecule has 8 aromatic rings. The SMILES string of the molecule is CC(C)c1ccc(N2CCOC(C(C)(C)O)C2)c(CN(C)C)n1.CC(C)c1ccc(N2CCOC(C(C)O)C2)cn1.CC(C)c1ccc(N2CCOC(CO)C2)cn1.CC(C)c1ccc(N2CCOC([C@@H](C)O)C2)cn1.CC(C)c1ccc(N2CCO[C@@H](C(C)(C)O)C2)c(CN(C)C)n1.CC(C)c1ccc(N2CCO[C@@H](CO)C2)cn1.CC(C)c1ccc(N2CCO[C@H](CO)C2)cn1.COC1CCN(c2ccc(C(C)C)nc2)CC1. The first-order chi connectivity index (χ1) is 71.3. The first-order valence-corrected chi connectivity index (χ1v) is 54.9. The molecule has 33 heteroatoms. The van der Waals surface area contributed by atoms with E-state index in [1.165, 1.54) is 11.4 Å². The number of aromatic nitrogens is 8. The Labute approximate surface area is 898 Å². The predicted molar refractivity (Wildman–Crippen MR) is 605 cm³/mol. The van der Waals surface area contributed by atoms with Gasteiger partial charge in [0.15, 0.2) is 0 Å². The molecule has 8 saturated heterocycles. The van der Waals surface area contributed by atoms with Crippen molar-refractivity contribution in [2.45, 2.75) is 298 Å². The summed E-state index contributed by atoms with van der Waals surface area (Å²) in [5, 5.41) is 67.0. The summed E-state index contributed by atoms with van der Waals surface area (Å²) < 4.78 is 44.3. The highest BCUT2D eigenvalue weighted by atomic mass is 16.5. The van der Waals surface area contributed by atoms with Crippen LogP contribution in [0.4, 0.5) is 45.5 Å². The maximum Gasteiger partial charge on any atom is 0.103 e. The van der Waals surface area contributed by atoms with Crippen LogP contribution in [0.3, 0.4) is 0 Å². The Balaban J connectivity index is 0.000000191. The van der Waals surface area contributed by atoms with Gasteiger partial charge in [0.1, 0.15) is 24.4 Å². The zero-order valence-corrected chi connectivity index (χ0v) is 95.8. The highest BCUT2D eigenvalue weighted by Crippen LogP contribution is 2.34. The van der Waals surface area contributed by atoms with Gasteiger partial charge in [0.2, 0.25) is 0 Å². The van der Waals surface area contributed by atoms with E-state index in [2.05, 4.69) is 315 Å². The molecular formula is C117H188N18O15. The Morgan fingerprint density at radius 2 is 0.540 bits per heavy atom. The summed E-state index contributed by atoms with van der Waals surface area (Å²) in [5.74, 6) is 3.61. The quantitative estimate of drug-likeness (QED) is 0.0239. The average Bonchev–Trinajstić information content (AvgIpc) is 0.802. The van der Waals surface area contributed by atoms with E-state index < -0.39 is 23.4 Å². The molecule has 0 bridgehead atoms. The molecule has 9 atom stereocenters. The van der Waals surface area contributed by atoms with Crippen LogP contribution in [0, 0.1) is 0 Å². The molecule has 8 aliphatic heterocycles. The number of aliphatic hydroxyl groups excluding tert-OH is 5. The number of anilines is 8. The Bertz CT molecular complexity index is 4730. The monoisotopic (exact) mass is 2090 g/mol. The van der Waals surface area contributed by atoms with Crippen LogP contribution in [0.1, 0.15) is 269 Å². The summed E-state index contributed by atoms with van der Waals surface area (Å²) in [5.41, 5.74) is 18.6. The zero-order chi connectivity index (χ0) is 110. The van der Waals surface area contributed by atoms with E-state index in [4.69, 9.17) is 63.2 Å². The minimum absolute atomic E-state index is 0.0754. The third-order valence-corrected chi connectivity index (χ3v) is 27.9. The van der Waals surface area contributed by atoms with Crippen LogP contribution in [0.2, 0.25) is 0 Å². The molecule has 0 aliphatic carbocycles. The van der Waals surface area contributed by atoms with Gasteiger partial charge >= 0.3 is 0 Å². The molecular weight excluding hydrogens is 1900 g/mol. The first-order valence-electron chi connectivity index (χ1n) is 54.9. The molecule has 150 heavy (non-hydrogen) atoms. The average molecular weight is 2090 g/mol. The van der Waals surface area contributed by atoms with Crippen LogP contribution in [0.25, 0.3) is 0 Å². The molecule has 0 saturated carbocycles. The van der Waals surface area contributed by atoms with Crippen LogP contribution in [-0.4, -0.2) is 364 Å². The second kappa shape index (κ2) is 61.9. The van der Waals surface area contributed by atoms with E-state index in [1.807, 2.05) is 64.9 Å². The van der Waals surface area contributed by atoms with Gasteiger partial charge in [0.05, 0.1) is 208 Å². The Morgan fingerprint density at radius 3 is 0.760 bits per heavy atom. The molecule has 8 aromatic heterocycles. The van der Waals surface area contributed by atoms with Gasteiger partial charge in [-0.05, 0) is 227 Å². The number of morpholine rings is 7. The molecule has 0 amide bonds. The summed E-state index contributed by atoms with van der Waals surface area (Å²) in [7, 11) is 10.1. The van der Waals surface area contributed by atoms with Gasteiger partial charge in [-0.2, -0.15) is 0 Å². The van der Waals surface area contributed by atoms with Crippen molar-refractivity contribution in [1.29, 1.82) is 0 Å². The van der Waals surface area contributed by atoms with Crippen LogP contribution >= 0.6 is 0 Å². The number of hydrogen-bond donors (Lipinski definition) is 7. The van der Waals surface area contributed by atoms with Crippen molar-refractivity contribution in [3.8, 4) is 0 Å². The minimum Gasteiger partial charge on any atom is -0.394 e. The Morgan fingerprint density at radius 1 is 0.307 bits per heavy atom. The first kappa shape index (κ1) is 124. The molecule has 8 aliphatic rings. The van der Waals surface area contributed by atoms with Gasteiger partial charge in [-0.1, -0.05) is 111 Å². The number of rotatable bonds is 28. The van der Waals surface area contributed by atoms with E-state index in [0.717, 1.165) is 209 Å². The Hall–Kier alpha value is -9.08. The molecule has 836 valence electrons. The van der Waals surface area contributed by atoms with Crippen molar-refractivity contribution in [1.82, 2.24) is 49.7 Å². The van der Waals surface area contributed by atoms with E-state index >= 15 is 0 Å². The van der Waals surface area contributed by atoms with E-state index in [1.54, 1.807) is 21.0 Å². The summed E-state index contributed by atoms with van der Waals surface area (Å²) in [6.45, 7) is 64.7. The number of ether oxygens (including phenoxy) is 8. The number of piperidine rings is 1. The molecule has 5 unspecified atom stereocenters. The van der Waals surface area contributed by atoms with Crippen LogP contribution < -0.4 is 39.2 Å². The second-order valence-electron chi connectivity index (χ2n) is 44.7. The van der Waals surface area contributed by atoms with Crippen molar-refractivity contribution in [3.63, 3.8) is 0 Å². The minimum atomic E-state index is -0.842. The third kappa shape index (κ3) is 40.0. The summed E-state index contributed by atoms with van der Waals surface area (Å²) in [6.07, 6.45) is 12.6. The van der Waals surface area contributed by atoms with Gasteiger partial charge < -0.3 is 123 Å². The van der Waals surface area contributed by atoms with Gasteiger partial charge in [0, 0.05) is 170 Å². The van der Waals surface area contributed by atoms with Gasteiger partial charge in [-0.3, -0.25) is 39.9 Å². The van der Waals surface area contributed by atoms with Crippen molar-refractivity contribution in [3.05, 3.63) is 191 Å². The fraction of sp³-hybridized carbons (Fsp3) is 0.658. The third-order valence-electron chi connectivity index (χ3n) is 27.9. The molecule has 0 radical (unpaired) electrons. The number of nitrogens with zero attached hydrogens (tertiary/aromatic N) is 18. The van der Waals surface area contributed by atoms with Crippen molar-refractivity contribution < 1.29 is 73.6 Å². The predicted octanol–water partition coefficient (Wildman–Crippen LogP) is 15.1. The number of hydrogen-bond acceptors (Lipinski definition) is 33. The number of pyridine rings is 8. The topological polar surface area (TPSA) is 351 Å². The molecule has 33 nitrogen and oxygen atoms in total. The lowest BCUT2D eigenvalue weighted by molar-refractivity contribution is -0.0928. The second-order valence-corrected chi connectivity index (χ2v) is 44.7. The highest BCUT2D eigenvalue weighted by Gasteiger charge is 2.37. The summed E-state index contributed by atoms with van der Waals surface area (Å²) in [6, 6.07) is 33.8. The van der Waals surface area contributed by atoms with Crippen LogP contribution in [0.5, 0.6) is 0 Å². The normalized spacial score (nSPS) is 20.5. The van der Waals surface area contributed by atoms with Gasteiger partial charge in [0.25, 0.3) is 0 Å². The van der Waals surface area contributed by atoms with E-state index in [-0.39, 0.29) is 62.5 Å². The number of methoxy groups -OCH3 is 1. The lowest BCUT2D eigenvalue weighted by atomic mass is 9.99.